The van der Waals surface area contributed by atoms with Gasteiger partial charge in [0.2, 0.25) is 5.78 Å². The van der Waals surface area contributed by atoms with Gasteiger partial charge in [-0.15, -0.1) is 0 Å². The largest absolute Gasteiger partial charge is 0.391 e. The quantitative estimate of drug-likeness (QED) is 0.660. The lowest BCUT2D eigenvalue weighted by atomic mass is 10.1. The second-order valence-corrected chi connectivity index (χ2v) is 4.95. The highest BCUT2D eigenvalue weighted by atomic mass is 79.9. The molecule has 2 rings (SSSR count). The van der Waals surface area contributed by atoms with Crippen molar-refractivity contribution in [3.63, 3.8) is 0 Å². The van der Waals surface area contributed by atoms with Crippen LogP contribution < -0.4 is 0 Å². The number of carbonyl (C=O) groups excluding carboxylic acids is 2. The number of benzene rings is 1. The molecule has 90 valence electrons. The number of aliphatic hydroxyl groups excluding tert-OH is 1. The van der Waals surface area contributed by atoms with Crippen molar-refractivity contribution in [2.45, 2.75) is 12.5 Å². The van der Waals surface area contributed by atoms with E-state index in [1.165, 1.54) is 4.90 Å². The molecule has 17 heavy (non-hydrogen) atoms. The van der Waals surface area contributed by atoms with Gasteiger partial charge in [0.05, 0.1) is 6.10 Å². The molecule has 0 aromatic heterocycles. The highest BCUT2D eigenvalue weighted by molar-refractivity contribution is 9.10. The number of nitrogens with zero attached hydrogens (tertiary/aromatic N) is 1. The minimum absolute atomic E-state index is 0.251. The molecule has 1 heterocycles. The molecule has 5 heteroatoms. The average molecular weight is 298 g/mol. The number of rotatable bonds is 2. The van der Waals surface area contributed by atoms with Gasteiger partial charge in [0.25, 0.3) is 5.91 Å². The summed E-state index contributed by atoms with van der Waals surface area (Å²) in [6.45, 7) is 0.698. The zero-order valence-corrected chi connectivity index (χ0v) is 10.7. The van der Waals surface area contributed by atoms with Gasteiger partial charge in [-0.25, -0.2) is 0 Å². The first-order chi connectivity index (χ1) is 8.08. The summed E-state index contributed by atoms with van der Waals surface area (Å²) in [4.78, 5) is 25.1. The number of hydrogen-bond donors (Lipinski definition) is 1. The topological polar surface area (TPSA) is 57.6 Å². The predicted molar refractivity (Wildman–Crippen MR) is 65.7 cm³/mol. The van der Waals surface area contributed by atoms with Crippen molar-refractivity contribution in [2.75, 3.05) is 13.1 Å². The molecule has 0 saturated carbocycles. The van der Waals surface area contributed by atoms with E-state index in [2.05, 4.69) is 15.9 Å². The molecule has 0 spiro atoms. The van der Waals surface area contributed by atoms with Crippen molar-refractivity contribution in [2.24, 2.45) is 0 Å². The van der Waals surface area contributed by atoms with E-state index in [0.717, 1.165) is 4.47 Å². The Labute approximate surface area is 107 Å². The second kappa shape index (κ2) is 4.98. The van der Waals surface area contributed by atoms with Gasteiger partial charge in [0, 0.05) is 23.1 Å². The Bertz CT molecular complexity index is 444. The third kappa shape index (κ3) is 2.73. The summed E-state index contributed by atoms with van der Waals surface area (Å²) in [5.74, 6) is -1.06. The number of aliphatic hydroxyl groups is 1. The van der Waals surface area contributed by atoms with Crippen LogP contribution in [0.1, 0.15) is 16.8 Å². The van der Waals surface area contributed by atoms with Crippen molar-refractivity contribution in [1.29, 1.82) is 0 Å². The predicted octanol–water partition coefficient (Wildman–Crippen LogP) is 1.22. The van der Waals surface area contributed by atoms with E-state index in [9.17, 15) is 14.7 Å². The van der Waals surface area contributed by atoms with E-state index in [4.69, 9.17) is 0 Å². The van der Waals surface area contributed by atoms with Crippen LogP contribution in [0.2, 0.25) is 0 Å². The Morgan fingerprint density at radius 1 is 1.29 bits per heavy atom. The number of carbonyl (C=O) groups is 2. The van der Waals surface area contributed by atoms with Gasteiger partial charge in [-0.1, -0.05) is 15.9 Å². The fourth-order valence-corrected chi connectivity index (χ4v) is 2.06. The van der Waals surface area contributed by atoms with Crippen LogP contribution in [-0.2, 0) is 4.79 Å². The molecule has 0 unspecified atom stereocenters. The Morgan fingerprint density at radius 2 is 1.94 bits per heavy atom. The molecule has 1 aromatic rings. The first kappa shape index (κ1) is 12.3. The molecule has 1 amide bonds. The van der Waals surface area contributed by atoms with Crippen molar-refractivity contribution >= 4 is 27.6 Å². The van der Waals surface area contributed by atoms with Crippen LogP contribution in [0.5, 0.6) is 0 Å². The smallest absolute Gasteiger partial charge is 0.295 e. The molecule has 0 aliphatic carbocycles. The van der Waals surface area contributed by atoms with E-state index in [1.54, 1.807) is 24.3 Å². The zero-order chi connectivity index (χ0) is 12.4. The Hall–Kier alpha value is -1.20. The summed E-state index contributed by atoms with van der Waals surface area (Å²) < 4.78 is 0.859. The fraction of sp³-hybridized carbons (Fsp3) is 0.333. The van der Waals surface area contributed by atoms with Crippen molar-refractivity contribution in [1.82, 2.24) is 4.90 Å². The monoisotopic (exact) mass is 297 g/mol. The molecule has 0 radical (unpaired) electrons. The first-order valence-electron chi connectivity index (χ1n) is 5.35. The molecule has 4 nitrogen and oxygen atoms in total. The maximum atomic E-state index is 11.9. The summed E-state index contributed by atoms with van der Waals surface area (Å²) >= 11 is 3.27. The minimum atomic E-state index is -0.538. The summed E-state index contributed by atoms with van der Waals surface area (Å²) in [6, 6.07) is 6.66. The first-order valence-corrected chi connectivity index (χ1v) is 6.14. The van der Waals surface area contributed by atoms with Crippen LogP contribution in [0.3, 0.4) is 0 Å². The molecule has 1 atom stereocenters. The van der Waals surface area contributed by atoms with Crippen LogP contribution in [0.15, 0.2) is 28.7 Å². The minimum Gasteiger partial charge on any atom is -0.391 e. The maximum absolute atomic E-state index is 11.9. The van der Waals surface area contributed by atoms with Crippen LogP contribution in [0.4, 0.5) is 0 Å². The standard InChI is InChI=1S/C12H12BrNO3/c13-9-3-1-8(2-4-9)11(16)12(17)14-6-5-10(15)7-14/h1-4,10,15H,5-7H2/t10-/m1/s1. The van der Waals surface area contributed by atoms with Gasteiger partial charge in [0.1, 0.15) is 0 Å². The summed E-state index contributed by atoms with van der Waals surface area (Å²) in [7, 11) is 0. The molecule has 1 saturated heterocycles. The maximum Gasteiger partial charge on any atom is 0.295 e. The summed E-state index contributed by atoms with van der Waals surface area (Å²) in [6.07, 6.45) is 0.0379. The van der Waals surface area contributed by atoms with E-state index in [1.807, 2.05) is 0 Å². The number of amides is 1. The Morgan fingerprint density at radius 3 is 2.47 bits per heavy atom. The van der Waals surface area contributed by atoms with Gasteiger partial charge in [-0.05, 0) is 30.7 Å². The number of ketones is 1. The van der Waals surface area contributed by atoms with E-state index in [-0.39, 0.29) is 6.54 Å². The summed E-state index contributed by atoms with van der Waals surface area (Å²) in [5.41, 5.74) is 0.375. The third-order valence-electron chi connectivity index (χ3n) is 2.75. The van der Waals surface area contributed by atoms with Crippen molar-refractivity contribution < 1.29 is 14.7 Å². The normalized spacial score (nSPS) is 19.4. The molecule has 1 aliphatic heterocycles. The number of hydrogen-bond acceptors (Lipinski definition) is 3. The van der Waals surface area contributed by atoms with Gasteiger partial charge >= 0.3 is 0 Å². The molecular weight excluding hydrogens is 286 g/mol. The fourth-order valence-electron chi connectivity index (χ4n) is 1.79. The highest BCUT2D eigenvalue weighted by Crippen LogP contribution is 2.14. The number of β-amino-alcohol motifs (C(OH)–C–C–N with tert-alkyl or cyclic N) is 1. The Balaban J connectivity index is 2.09. The number of Topliss-reactive ketones (excluding diaryl/α,β-unsaturated/α-hetero) is 1. The lowest BCUT2D eigenvalue weighted by molar-refractivity contribution is -0.125. The van der Waals surface area contributed by atoms with Gasteiger partial charge in [-0.3, -0.25) is 9.59 Å². The van der Waals surface area contributed by atoms with Gasteiger partial charge in [-0.2, -0.15) is 0 Å². The number of likely N-dealkylation sites (tertiary alicyclic amines) is 1. The van der Waals surface area contributed by atoms with Crippen molar-refractivity contribution in [3.8, 4) is 0 Å². The zero-order valence-electron chi connectivity index (χ0n) is 9.10. The average Bonchev–Trinajstić information content (AvgIpc) is 2.75. The van der Waals surface area contributed by atoms with Crippen LogP contribution in [-0.4, -0.2) is 40.9 Å². The number of halogens is 1. The van der Waals surface area contributed by atoms with Crippen LogP contribution >= 0.6 is 15.9 Å². The molecule has 0 bridgehead atoms. The Kier molecular flexibility index (Phi) is 3.59. The van der Waals surface area contributed by atoms with Crippen LogP contribution in [0, 0.1) is 0 Å². The van der Waals surface area contributed by atoms with Gasteiger partial charge in [0.15, 0.2) is 0 Å². The lowest BCUT2D eigenvalue weighted by Gasteiger charge is -2.14. The SMILES string of the molecule is O=C(C(=O)N1CC[C@@H](O)C1)c1ccc(Br)cc1. The lowest BCUT2D eigenvalue weighted by Crippen LogP contribution is -2.35. The summed E-state index contributed by atoms with van der Waals surface area (Å²) in [5, 5.41) is 9.33. The highest BCUT2D eigenvalue weighted by Gasteiger charge is 2.29. The molecular formula is C12H12BrNO3. The van der Waals surface area contributed by atoms with Gasteiger partial charge < -0.3 is 10.0 Å². The third-order valence-corrected chi connectivity index (χ3v) is 3.28. The van der Waals surface area contributed by atoms with Crippen molar-refractivity contribution in [3.05, 3.63) is 34.3 Å². The van der Waals surface area contributed by atoms with E-state index < -0.39 is 17.8 Å². The van der Waals surface area contributed by atoms with E-state index in [0.29, 0.717) is 18.5 Å². The van der Waals surface area contributed by atoms with E-state index >= 15 is 0 Å². The second-order valence-electron chi connectivity index (χ2n) is 4.03. The molecule has 1 N–H and O–H groups in total. The molecule has 1 aliphatic rings. The molecule has 1 aromatic carbocycles. The molecule has 1 fully saturated rings. The van der Waals surface area contributed by atoms with Crippen LogP contribution in [0.25, 0.3) is 0 Å².